The molecule has 1 rings (SSSR count). The van der Waals surface area contributed by atoms with Gasteiger partial charge in [0.2, 0.25) is 0 Å². The van der Waals surface area contributed by atoms with E-state index in [9.17, 15) is 16.8 Å². The van der Waals surface area contributed by atoms with Gasteiger partial charge in [0.1, 0.15) is 0 Å². The Morgan fingerprint density at radius 1 is 1.00 bits per heavy atom. The molecule has 0 aromatic carbocycles. The molecule has 0 aromatic heterocycles. The van der Waals surface area contributed by atoms with Crippen LogP contribution in [0.2, 0.25) is 0 Å². The lowest BCUT2D eigenvalue weighted by molar-refractivity contribution is 0.591. The van der Waals surface area contributed by atoms with Gasteiger partial charge in [-0.2, -0.15) is 0 Å². The Labute approximate surface area is 59.4 Å². The van der Waals surface area contributed by atoms with Crippen molar-refractivity contribution in [3.63, 3.8) is 0 Å². The molecule has 0 aliphatic carbocycles. The van der Waals surface area contributed by atoms with Crippen molar-refractivity contribution in [1.82, 2.24) is 0 Å². The first-order valence-electron chi connectivity index (χ1n) is 2.52. The standard InChI is InChI=1S/C4H6O4S2/c1-4-9(5,6)2-3-10(4,7)8/h2-4H,1H3. The van der Waals surface area contributed by atoms with Crippen molar-refractivity contribution >= 4 is 19.7 Å². The Balaban J connectivity index is 3.39. The molecule has 0 atom stereocenters. The second-order valence-electron chi connectivity index (χ2n) is 2.02. The van der Waals surface area contributed by atoms with E-state index in [0.717, 1.165) is 17.7 Å². The van der Waals surface area contributed by atoms with Crippen LogP contribution in [0.15, 0.2) is 10.8 Å². The van der Waals surface area contributed by atoms with Crippen LogP contribution in [0.4, 0.5) is 0 Å². The summed E-state index contributed by atoms with van der Waals surface area (Å²) in [5, 5.41) is 1.46. The molecule has 58 valence electrons. The molecule has 0 fully saturated rings. The van der Waals surface area contributed by atoms with E-state index < -0.39 is 24.3 Å². The monoisotopic (exact) mass is 182 g/mol. The van der Waals surface area contributed by atoms with Crippen molar-refractivity contribution in [2.24, 2.45) is 0 Å². The molecule has 0 unspecified atom stereocenters. The fourth-order valence-corrected chi connectivity index (χ4v) is 4.13. The third-order valence-corrected chi connectivity index (χ3v) is 6.02. The molecule has 0 N–H and O–H groups in total. The topological polar surface area (TPSA) is 68.3 Å². The summed E-state index contributed by atoms with van der Waals surface area (Å²) in [6.45, 7) is 1.16. The second kappa shape index (κ2) is 1.82. The predicted molar refractivity (Wildman–Crippen MR) is 36.4 cm³/mol. The first-order valence-corrected chi connectivity index (χ1v) is 5.74. The van der Waals surface area contributed by atoms with Crippen LogP contribution >= 0.6 is 0 Å². The van der Waals surface area contributed by atoms with Gasteiger partial charge >= 0.3 is 0 Å². The molecule has 4 nitrogen and oxygen atoms in total. The normalized spacial score (nSPS) is 28.9. The average Bonchev–Trinajstić information content (AvgIpc) is 1.95. The third kappa shape index (κ3) is 0.969. The maximum absolute atomic E-state index is 10.7. The van der Waals surface area contributed by atoms with Crippen LogP contribution in [-0.2, 0) is 19.7 Å². The minimum Gasteiger partial charge on any atom is -0.223 e. The molecule has 0 radical (unpaired) electrons. The molecule has 0 spiro atoms. The van der Waals surface area contributed by atoms with Crippen molar-refractivity contribution in [2.75, 3.05) is 0 Å². The molecule has 0 amide bonds. The van der Waals surface area contributed by atoms with Gasteiger partial charge in [0.25, 0.3) is 0 Å². The van der Waals surface area contributed by atoms with E-state index in [2.05, 4.69) is 0 Å². The van der Waals surface area contributed by atoms with Crippen molar-refractivity contribution < 1.29 is 16.8 Å². The number of rotatable bonds is 0. The van der Waals surface area contributed by atoms with Crippen LogP contribution in [0.25, 0.3) is 0 Å². The molecule has 1 aliphatic heterocycles. The number of hydrogen-bond acceptors (Lipinski definition) is 4. The highest BCUT2D eigenvalue weighted by Crippen LogP contribution is 2.20. The Morgan fingerprint density at radius 3 is 1.40 bits per heavy atom. The largest absolute Gasteiger partial charge is 0.223 e. The maximum atomic E-state index is 10.7. The van der Waals surface area contributed by atoms with Gasteiger partial charge in [0.05, 0.1) is 0 Å². The summed E-state index contributed by atoms with van der Waals surface area (Å²) >= 11 is 0. The first kappa shape index (κ1) is 7.74. The smallest absolute Gasteiger partial charge is 0.189 e. The molecular weight excluding hydrogens is 176 g/mol. The highest BCUT2D eigenvalue weighted by atomic mass is 32.3. The van der Waals surface area contributed by atoms with Gasteiger partial charge in [-0.15, -0.1) is 0 Å². The predicted octanol–water partition coefficient (Wildman–Crippen LogP) is -0.353. The fraction of sp³-hybridized carbons (Fsp3) is 0.500. The summed E-state index contributed by atoms with van der Waals surface area (Å²) in [5.74, 6) is 0. The molecule has 10 heavy (non-hydrogen) atoms. The summed E-state index contributed by atoms with van der Waals surface area (Å²) in [6, 6.07) is 0. The minimum absolute atomic E-state index is 0.729. The number of sulfone groups is 2. The van der Waals surface area contributed by atoms with Crippen LogP contribution in [0, 0.1) is 0 Å². The van der Waals surface area contributed by atoms with Gasteiger partial charge in [0.15, 0.2) is 24.3 Å². The Kier molecular flexibility index (Phi) is 1.41. The van der Waals surface area contributed by atoms with Gasteiger partial charge in [0, 0.05) is 10.8 Å². The molecular formula is C4H6O4S2. The number of hydrogen-bond donors (Lipinski definition) is 0. The summed E-state index contributed by atoms with van der Waals surface area (Å²) in [6.07, 6.45) is 0. The summed E-state index contributed by atoms with van der Waals surface area (Å²) in [5.41, 5.74) is 0. The van der Waals surface area contributed by atoms with E-state index in [1.165, 1.54) is 0 Å². The quantitative estimate of drug-likeness (QED) is 0.513. The lowest BCUT2D eigenvalue weighted by Crippen LogP contribution is -2.17. The van der Waals surface area contributed by atoms with Gasteiger partial charge in [-0.1, -0.05) is 0 Å². The molecule has 0 saturated carbocycles. The Morgan fingerprint density at radius 2 is 1.30 bits per heavy atom. The Hall–Kier alpha value is -0.360. The van der Waals surface area contributed by atoms with Crippen molar-refractivity contribution in [3.8, 4) is 0 Å². The lowest BCUT2D eigenvalue weighted by atomic mass is 11.0. The van der Waals surface area contributed by atoms with Gasteiger partial charge in [-0.05, 0) is 6.92 Å². The summed E-state index contributed by atoms with van der Waals surface area (Å²) < 4.78 is 41.6. The highest BCUT2D eigenvalue weighted by molar-refractivity contribution is 8.14. The van der Waals surface area contributed by atoms with E-state index >= 15 is 0 Å². The SMILES string of the molecule is CC1S(=O)(=O)C=CS1(=O)=O. The van der Waals surface area contributed by atoms with Crippen LogP contribution < -0.4 is 0 Å². The zero-order chi connectivity index (χ0) is 7.99. The molecule has 1 aliphatic rings. The zero-order valence-electron chi connectivity index (χ0n) is 5.18. The average molecular weight is 182 g/mol. The van der Waals surface area contributed by atoms with Crippen LogP contribution in [0.3, 0.4) is 0 Å². The molecule has 1 heterocycles. The van der Waals surface area contributed by atoms with E-state index in [0.29, 0.717) is 0 Å². The fourth-order valence-electron chi connectivity index (χ4n) is 0.563. The molecule has 0 aromatic rings. The summed E-state index contributed by atoms with van der Waals surface area (Å²) in [7, 11) is -7.00. The van der Waals surface area contributed by atoms with E-state index in [4.69, 9.17) is 0 Å². The lowest BCUT2D eigenvalue weighted by Gasteiger charge is -1.97. The van der Waals surface area contributed by atoms with Crippen molar-refractivity contribution in [3.05, 3.63) is 10.8 Å². The minimum atomic E-state index is -3.50. The molecule has 0 saturated heterocycles. The van der Waals surface area contributed by atoms with E-state index in [1.54, 1.807) is 0 Å². The van der Waals surface area contributed by atoms with Crippen LogP contribution in [0.1, 0.15) is 6.92 Å². The van der Waals surface area contributed by atoms with Crippen LogP contribution in [-0.4, -0.2) is 21.4 Å². The Bertz CT molecular complexity index is 322. The zero-order valence-corrected chi connectivity index (χ0v) is 6.81. The van der Waals surface area contributed by atoms with Gasteiger partial charge < -0.3 is 0 Å². The van der Waals surface area contributed by atoms with Crippen molar-refractivity contribution in [2.45, 2.75) is 11.5 Å². The van der Waals surface area contributed by atoms with Crippen LogP contribution in [0.5, 0.6) is 0 Å². The van der Waals surface area contributed by atoms with Gasteiger partial charge in [-0.25, -0.2) is 16.8 Å². The molecule has 0 bridgehead atoms. The van der Waals surface area contributed by atoms with Gasteiger partial charge in [-0.3, -0.25) is 0 Å². The van der Waals surface area contributed by atoms with E-state index in [-0.39, 0.29) is 0 Å². The van der Waals surface area contributed by atoms with E-state index in [1.807, 2.05) is 0 Å². The third-order valence-electron chi connectivity index (χ3n) is 1.36. The maximum Gasteiger partial charge on any atom is 0.189 e. The highest BCUT2D eigenvalue weighted by Gasteiger charge is 2.35. The first-order chi connectivity index (χ1) is 4.36. The van der Waals surface area contributed by atoms with Crippen molar-refractivity contribution in [1.29, 1.82) is 0 Å². The molecule has 6 heteroatoms. The summed E-state index contributed by atoms with van der Waals surface area (Å²) in [4.78, 5) is 0. The second-order valence-corrected chi connectivity index (χ2v) is 6.63.